The number of nitrogens with zero attached hydrogens (tertiary/aromatic N) is 1. The van der Waals surface area contributed by atoms with Crippen molar-refractivity contribution in [3.63, 3.8) is 0 Å². The van der Waals surface area contributed by atoms with Crippen molar-refractivity contribution in [3.8, 4) is 22.6 Å². The van der Waals surface area contributed by atoms with Gasteiger partial charge in [-0.3, -0.25) is 9.89 Å². The number of amides is 1. The van der Waals surface area contributed by atoms with Gasteiger partial charge in [0.2, 0.25) is 10.0 Å². The summed E-state index contributed by atoms with van der Waals surface area (Å²) >= 11 is 5.92. The number of ether oxygens (including phenoxy) is 1. The van der Waals surface area contributed by atoms with Gasteiger partial charge in [0, 0.05) is 27.4 Å². The predicted molar refractivity (Wildman–Crippen MR) is 107 cm³/mol. The van der Waals surface area contributed by atoms with Crippen LogP contribution in [0.3, 0.4) is 0 Å². The average Bonchev–Trinajstić information content (AvgIpc) is 2.94. The molecule has 2 N–H and O–H groups in total. The van der Waals surface area contributed by atoms with Crippen LogP contribution in [0.15, 0.2) is 42.5 Å². The third kappa shape index (κ3) is 4.52. The molecule has 0 aliphatic heterocycles. The SMILES string of the molecule is Cc1n[nH]c(C)c1-c1cc(C(=O)NS(C)(=O)=O)ccc1Oc1ccc(Cl)cc1. The fourth-order valence-corrected chi connectivity index (χ4v) is 3.34. The lowest BCUT2D eigenvalue weighted by Crippen LogP contribution is -2.29. The van der Waals surface area contributed by atoms with E-state index < -0.39 is 15.9 Å². The largest absolute Gasteiger partial charge is 0.457 e. The Labute approximate surface area is 167 Å². The highest BCUT2D eigenvalue weighted by molar-refractivity contribution is 7.89. The molecule has 0 radical (unpaired) electrons. The van der Waals surface area contributed by atoms with Gasteiger partial charge in [-0.15, -0.1) is 0 Å². The number of sulfonamides is 1. The molecule has 0 saturated carbocycles. The summed E-state index contributed by atoms with van der Waals surface area (Å²) in [5.74, 6) is 0.337. The smallest absolute Gasteiger partial charge is 0.264 e. The summed E-state index contributed by atoms with van der Waals surface area (Å²) in [6.45, 7) is 3.68. The summed E-state index contributed by atoms with van der Waals surface area (Å²) in [5, 5.41) is 7.68. The molecular formula is C19H18ClN3O4S. The second-order valence-electron chi connectivity index (χ2n) is 6.28. The lowest BCUT2D eigenvalue weighted by molar-refractivity contribution is 0.0981. The first-order chi connectivity index (χ1) is 13.1. The number of aryl methyl sites for hydroxylation is 2. The molecule has 7 nitrogen and oxygen atoms in total. The lowest BCUT2D eigenvalue weighted by Gasteiger charge is -2.14. The van der Waals surface area contributed by atoms with E-state index in [9.17, 15) is 13.2 Å². The minimum absolute atomic E-state index is 0.184. The van der Waals surface area contributed by atoms with Crippen LogP contribution in [0.5, 0.6) is 11.5 Å². The number of benzene rings is 2. The molecule has 0 unspecified atom stereocenters. The minimum atomic E-state index is -3.68. The van der Waals surface area contributed by atoms with E-state index in [1.165, 1.54) is 6.07 Å². The zero-order chi connectivity index (χ0) is 20.5. The molecule has 146 valence electrons. The van der Waals surface area contributed by atoms with Crippen molar-refractivity contribution in [1.29, 1.82) is 0 Å². The van der Waals surface area contributed by atoms with E-state index in [0.29, 0.717) is 22.1 Å². The zero-order valence-electron chi connectivity index (χ0n) is 15.4. The molecule has 0 spiro atoms. The quantitative estimate of drug-likeness (QED) is 0.654. The Balaban J connectivity index is 2.09. The topological polar surface area (TPSA) is 101 Å². The van der Waals surface area contributed by atoms with Crippen LogP contribution in [0.1, 0.15) is 21.7 Å². The van der Waals surface area contributed by atoms with Crippen molar-refractivity contribution in [1.82, 2.24) is 14.9 Å². The Morgan fingerprint density at radius 1 is 1.14 bits per heavy atom. The van der Waals surface area contributed by atoms with Crippen molar-refractivity contribution in [2.45, 2.75) is 13.8 Å². The molecule has 2 aromatic carbocycles. The molecule has 1 heterocycles. The van der Waals surface area contributed by atoms with Crippen molar-refractivity contribution in [2.24, 2.45) is 0 Å². The van der Waals surface area contributed by atoms with Gasteiger partial charge < -0.3 is 4.74 Å². The molecular weight excluding hydrogens is 402 g/mol. The fourth-order valence-electron chi connectivity index (χ4n) is 2.76. The molecule has 0 atom stereocenters. The number of aromatic amines is 1. The van der Waals surface area contributed by atoms with Crippen LogP contribution < -0.4 is 9.46 Å². The van der Waals surface area contributed by atoms with Crippen LogP contribution >= 0.6 is 11.6 Å². The van der Waals surface area contributed by atoms with Gasteiger partial charge in [-0.2, -0.15) is 5.10 Å². The van der Waals surface area contributed by atoms with Crippen molar-refractivity contribution >= 4 is 27.5 Å². The molecule has 28 heavy (non-hydrogen) atoms. The molecule has 3 aromatic rings. The number of H-pyrrole nitrogens is 1. The summed E-state index contributed by atoms with van der Waals surface area (Å²) in [7, 11) is -3.68. The van der Waals surface area contributed by atoms with E-state index in [4.69, 9.17) is 16.3 Å². The van der Waals surface area contributed by atoms with Crippen molar-refractivity contribution in [3.05, 3.63) is 64.4 Å². The standard InChI is InChI=1S/C19H18ClN3O4S/c1-11-18(12(2)22-21-11)16-10-13(19(24)23-28(3,25)26)4-9-17(16)27-15-7-5-14(20)6-8-15/h4-10H,1-3H3,(H,21,22)(H,23,24). The minimum Gasteiger partial charge on any atom is -0.457 e. The van der Waals surface area contributed by atoms with E-state index in [2.05, 4.69) is 10.2 Å². The van der Waals surface area contributed by atoms with Gasteiger partial charge in [0.05, 0.1) is 11.9 Å². The van der Waals surface area contributed by atoms with Crippen LogP contribution in [-0.2, 0) is 10.0 Å². The average molecular weight is 420 g/mol. The maximum atomic E-state index is 12.3. The van der Waals surface area contributed by atoms with E-state index in [1.54, 1.807) is 36.4 Å². The van der Waals surface area contributed by atoms with Crippen LogP contribution in [0.25, 0.3) is 11.1 Å². The van der Waals surface area contributed by atoms with Crippen LogP contribution in [-0.4, -0.2) is 30.8 Å². The van der Waals surface area contributed by atoms with E-state index in [1.807, 2.05) is 18.6 Å². The van der Waals surface area contributed by atoms with Crippen LogP contribution in [0, 0.1) is 13.8 Å². The predicted octanol–water partition coefficient (Wildman–Crippen LogP) is 3.83. The highest BCUT2D eigenvalue weighted by Gasteiger charge is 2.19. The second kappa shape index (κ2) is 7.65. The molecule has 0 fully saturated rings. The number of halogens is 1. The Kier molecular flexibility index (Phi) is 5.44. The van der Waals surface area contributed by atoms with E-state index in [-0.39, 0.29) is 5.56 Å². The lowest BCUT2D eigenvalue weighted by atomic mass is 10.00. The van der Waals surface area contributed by atoms with Crippen LogP contribution in [0.4, 0.5) is 0 Å². The summed E-state index contributed by atoms with van der Waals surface area (Å²) in [5.41, 5.74) is 3.08. The summed E-state index contributed by atoms with van der Waals surface area (Å²) < 4.78 is 30.7. The summed E-state index contributed by atoms with van der Waals surface area (Å²) in [4.78, 5) is 12.3. The van der Waals surface area contributed by atoms with Crippen LogP contribution in [0.2, 0.25) is 5.02 Å². The van der Waals surface area contributed by atoms with Gasteiger partial charge in [-0.05, 0) is 56.3 Å². The highest BCUT2D eigenvalue weighted by Crippen LogP contribution is 2.37. The molecule has 0 saturated heterocycles. The van der Waals surface area contributed by atoms with Gasteiger partial charge in [0.1, 0.15) is 11.5 Å². The maximum absolute atomic E-state index is 12.3. The van der Waals surface area contributed by atoms with E-state index in [0.717, 1.165) is 23.2 Å². The first-order valence-electron chi connectivity index (χ1n) is 8.25. The van der Waals surface area contributed by atoms with Gasteiger partial charge in [-0.25, -0.2) is 13.1 Å². The first-order valence-corrected chi connectivity index (χ1v) is 10.5. The maximum Gasteiger partial charge on any atom is 0.264 e. The van der Waals surface area contributed by atoms with Gasteiger partial charge in [0.15, 0.2) is 0 Å². The number of rotatable bonds is 5. The Morgan fingerprint density at radius 3 is 2.39 bits per heavy atom. The van der Waals surface area contributed by atoms with Gasteiger partial charge in [0.25, 0.3) is 5.91 Å². The molecule has 0 aliphatic rings. The molecule has 0 bridgehead atoms. The monoisotopic (exact) mass is 419 g/mol. The molecule has 3 rings (SSSR count). The third-order valence-corrected chi connectivity index (χ3v) is 4.77. The Bertz CT molecular complexity index is 1120. The Hall–Kier alpha value is -2.84. The Morgan fingerprint density at radius 2 is 1.82 bits per heavy atom. The number of hydrogen-bond acceptors (Lipinski definition) is 5. The second-order valence-corrected chi connectivity index (χ2v) is 8.46. The number of nitrogens with one attached hydrogen (secondary N) is 2. The molecule has 0 aliphatic carbocycles. The molecule has 9 heteroatoms. The number of hydrogen-bond donors (Lipinski definition) is 2. The zero-order valence-corrected chi connectivity index (χ0v) is 17.0. The third-order valence-electron chi connectivity index (χ3n) is 3.96. The highest BCUT2D eigenvalue weighted by atomic mass is 35.5. The fraction of sp³-hybridized carbons (Fsp3) is 0.158. The van der Waals surface area contributed by atoms with Crippen molar-refractivity contribution in [2.75, 3.05) is 6.26 Å². The summed E-state index contributed by atoms with van der Waals surface area (Å²) in [6, 6.07) is 11.6. The summed E-state index contributed by atoms with van der Waals surface area (Å²) in [6.07, 6.45) is 0.925. The molecule has 1 aromatic heterocycles. The number of carbonyl (C=O) groups excluding carboxylic acids is 1. The number of aromatic nitrogens is 2. The van der Waals surface area contributed by atoms with Crippen molar-refractivity contribution < 1.29 is 17.9 Å². The number of carbonyl (C=O) groups is 1. The first kappa shape index (κ1) is 19.9. The van der Waals surface area contributed by atoms with Gasteiger partial charge in [-0.1, -0.05) is 11.6 Å². The molecule has 1 amide bonds. The normalized spacial score (nSPS) is 11.3. The van der Waals surface area contributed by atoms with Gasteiger partial charge >= 0.3 is 0 Å². The van der Waals surface area contributed by atoms with E-state index >= 15 is 0 Å².